The summed E-state index contributed by atoms with van der Waals surface area (Å²) in [6.45, 7) is 14.1. The van der Waals surface area contributed by atoms with E-state index in [2.05, 4.69) is 31.1 Å². The minimum absolute atomic E-state index is 0.0232. The molecule has 0 spiro atoms. The minimum atomic E-state index is -2.18. The lowest BCUT2D eigenvalue weighted by atomic mass is 10.0. The van der Waals surface area contributed by atoms with Crippen LogP contribution >= 0.6 is 0 Å². The highest BCUT2D eigenvalue weighted by Gasteiger charge is 2.48. The fraction of sp³-hybridized carbons (Fsp3) is 0.538. The number of aliphatic hydroxyl groups excluding tert-OH is 4. The third-order valence-corrected chi connectivity index (χ3v) is 4.65. The highest BCUT2D eigenvalue weighted by Crippen LogP contribution is 2.16. The first-order chi connectivity index (χ1) is 20.2. The molecule has 0 fully saturated rings. The summed E-state index contributed by atoms with van der Waals surface area (Å²) in [6, 6.07) is 0. The molecule has 252 valence electrons. The van der Waals surface area contributed by atoms with Gasteiger partial charge in [-0.3, -0.25) is 20.2 Å². The molecule has 0 radical (unpaired) electrons. The van der Waals surface area contributed by atoms with Crippen LogP contribution in [0.25, 0.3) is 0 Å². The predicted molar refractivity (Wildman–Crippen MR) is 153 cm³/mol. The smallest absolute Gasteiger partial charge is 0.333 e. The van der Waals surface area contributed by atoms with Gasteiger partial charge in [0.15, 0.2) is 19.8 Å². The quantitative estimate of drug-likeness (QED) is 0.0588. The van der Waals surface area contributed by atoms with E-state index in [0.717, 1.165) is 7.11 Å². The summed E-state index contributed by atoms with van der Waals surface area (Å²) in [5.41, 5.74) is -3.66. The van der Waals surface area contributed by atoms with Crippen molar-refractivity contribution in [2.75, 3.05) is 53.9 Å². The van der Waals surface area contributed by atoms with Crippen molar-refractivity contribution in [2.45, 2.75) is 38.8 Å². The van der Waals surface area contributed by atoms with Gasteiger partial charge in [0.2, 0.25) is 0 Å². The molecule has 18 heteroatoms. The molecule has 0 bridgehead atoms. The van der Waals surface area contributed by atoms with E-state index in [1.54, 1.807) is 6.92 Å². The maximum atomic E-state index is 11.5. The average Bonchev–Trinajstić information content (AvgIpc) is 2.98. The first kappa shape index (κ1) is 46.4. The summed E-state index contributed by atoms with van der Waals surface area (Å²) >= 11 is 0. The zero-order valence-electron chi connectivity index (χ0n) is 25.7. The van der Waals surface area contributed by atoms with E-state index in [1.807, 2.05) is 0 Å². The number of esters is 4. The van der Waals surface area contributed by atoms with Crippen LogP contribution in [0.1, 0.15) is 27.7 Å². The van der Waals surface area contributed by atoms with E-state index < -0.39 is 78.5 Å². The van der Waals surface area contributed by atoms with E-state index in [9.17, 15) is 39.4 Å². The lowest BCUT2D eigenvalue weighted by molar-refractivity contribution is -0.580. The van der Waals surface area contributed by atoms with Crippen molar-refractivity contribution in [1.82, 2.24) is 0 Å². The second-order valence-electron chi connectivity index (χ2n) is 8.78. The Morgan fingerprint density at radius 2 is 0.818 bits per heavy atom. The highest BCUT2D eigenvalue weighted by molar-refractivity contribution is 5.88. The Kier molecular flexibility index (Phi) is 25.3. The van der Waals surface area contributed by atoms with Gasteiger partial charge in [-0.2, -0.15) is 0 Å². The molecule has 0 amide bonds. The van der Waals surface area contributed by atoms with Crippen molar-refractivity contribution in [3.8, 4) is 0 Å². The highest BCUT2D eigenvalue weighted by atomic mass is 16.7. The van der Waals surface area contributed by atoms with E-state index in [1.165, 1.54) is 27.9 Å². The number of ether oxygens (including phenoxy) is 4. The Morgan fingerprint density at radius 1 is 0.591 bits per heavy atom. The van der Waals surface area contributed by atoms with Gasteiger partial charge in [0.25, 0.3) is 5.54 Å². The Morgan fingerprint density at radius 3 is 0.909 bits per heavy atom. The molecular formula is C26H42N2O16. The number of hydrogen-bond donors (Lipinski definition) is 4. The summed E-state index contributed by atoms with van der Waals surface area (Å²) in [7, 11) is 2.33. The second kappa shape index (κ2) is 24.0. The normalized spacial score (nSPS) is 9.86. The average molecular weight is 639 g/mol. The third kappa shape index (κ3) is 18.1. The van der Waals surface area contributed by atoms with Gasteiger partial charge in [-0.25, -0.2) is 19.2 Å². The van der Waals surface area contributed by atoms with Crippen LogP contribution in [0.15, 0.2) is 48.6 Å². The number of carbonyl (C=O) groups is 4. The molecule has 0 heterocycles. The number of nitrogens with zero attached hydrogens (tertiary/aromatic N) is 2. The molecule has 0 aromatic heterocycles. The molecule has 18 nitrogen and oxygen atoms in total. The SMILES string of the molecule is C=C(C)C(=O)OC.C=C(C)C(=O)OCC(COC(=O)C(=C)C)(COC(=O)C(=C)C)[N+](=O)[O-].CO.O=[N+]([O-])C(CO)(CO)CO. The Balaban J connectivity index is -0.000000343. The third-order valence-electron chi connectivity index (χ3n) is 4.65. The summed E-state index contributed by atoms with van der Waals surface area (Å²) < 4.78 is 18.7. The molecule has 0 saturated carbocycles. The standard InChI is InChI=1S/C16H21NO8.C5H8O2.C4H9NO5.CH4O/c1-10(2)13(18)23-7-16(17(21)22,8-24-14(19)11(3)4)9-25-15(20)12(5)6;1-4(2)5(6)7-3;6-1-4(2-7,3-8)5(9)10;1-2/h1,3,5,7-9H2,2,4,6H3;1H2,2-3H3;6-8H,1-3H2;2H,1H3. The lowest BCUT2D eigenvalue weighted by Crippen LogP contribution is -2.52. The molecule has 4 N–H and O–H groups in total. The molecule has 0 unspecified atom stereocenters. The zero-order chi connectivity index (χ0) is 35.8. The van der Waals surface area contributed by atoms with Gasteiger partial charge in [0.05, 0.1) is 7.11 Å². The van der Waals surface area contributed by atoms with Crippen molar-refractivity contribution in [3.05, 3.63) is 68.8 Å². The number of rotatable bonds is 15. The van der Waals surface area contributed by atoms with E-state index in [0.29, 0.717) is 5.57 Å². The topological polar surface area (TPSA) is 272 Å². The predicted octanol–water partition coefficient (Wildman–Crippen LogP) is -0.317. The maximum Gasteiger partial charge on any atom is 0.333 e. The van der Waals surface area contributed by atoms with Crippen LogP contribution in [0, 0.1) is 20.2 Å². The van der Waals surface area contributed by atoms with Gasteiger partial charge in [-0.15, -0.1) is 0 Å². The monoisotopic (exact) mass is 638 g/mol. The van der Waals surface area contributed by atoms with E-state index in [4.69, 9.17) is 34.6 Å². The first-order valence-corrected chi connectivity index (χ1v) is 12.0. The van der Waals surface area contributed by atoms with Gasteiger partial charge < -0.3 is 39.4 Å². The van der Waals surface area contributed by atoms with E-state index >= 15 is 0 Å². The molecule has 0 aliphatic carbocycles. The van der Waals surface area contributed by atoms with Crippen molar-refractivity contribution in [1.29, 1.82) is 0 Å². The van der Waals surface area contributed by atoms with Gasteiger partial charge in [-0.1, -0.05) is 26.3 Å². The lowest BCUT2D eigenvalue weighted by Gasteiger charge is -2.24. The molecule has 0 rings (SSSR count). The van der Waals surface area contributed by atoms with Crippen LogP contribution in [0.4, 0.5) is 0 Å². The summed E-state index contributed by atoms with van der Waals surface area (Å²) in [6.07, 6.45) is 0. The summed E-state index contributed by atoms with van der Waals surface area (Å²) in [5.74, 6) is -2.96. The molecule has 0 saturated heterocycles. The molecule has 0 atom stereocenters. The van der Waals surface area contributed by atoms with Crippen LogP contribution in [-0.2, 0) is 38.1 Å². The van der Waals surface area contributed by atoms with Crippen molar-refractivity contribution >= 4 is 23.9 Å². The molecule has 0 aliphatic heterocycles. The van der Waals surface area contributed by atoms with Crippen molar-refractivity contribution in [2.24, 2.45) is 0 Å². The maximum absolute atomic E-state index is 11.5. The minimum Gasteiger partial charge on any atom is -0.466 e. The van der Waals surface area contributed by atoms with Crippen LogP contribution < -0.4 is 0 Å². The molecule has 0 aromatic carbocycles. The number of hydrogen-bond acceptors (Lipinski definition) is 16. The van der Waals surface area contributed by atoms with Crippen molar-refractivity contribution in [3.63, 3.8) is 0 Å². The Hall–Kier alpha value is -4.52. The van der Waals surface area contributed by atoms with Gasteiger partial charge in [0, 0.05) is 39.2 Å². The number of nitro groups is 2. The number of methoxy groups -OCH3 is 1. The van der Waals surface area contributed by atoms with Gasteiger partial charge >= 0.3 is 29.4 Å². The summed E-state index contributed by atoms with van der Waals surface area (Å²) in [5, 5.41) is 53.7. The molecular weight excluding hydrogens is 596 g/mol. The van der Waals surface area contributed by atoms with Crippen LogP contribution in [0.3, 0.4) is 0 Å². The van der Waals surface area contributed by atoms with Crippen LogP contribution in [0.5, 0.6) is 0 Å². The number of aliphatic hydroxyl groups is 4. The zero-order valence-corrected chi connectivity index (χ0v) is 25.7. The molecule has 44 heavy (non-hydrogen) atoms. The van der Waals surface area contributed by atoms with Gasteiger partial charge in [-0.05, 0) is 27.7 Å². The molecule has 0 aliphatic rings. The van der Waals surface area contributed by atoms with Crippen LogP contribution in [0.2, 0.25) is 0 Å². The summed E-state index contributed by atoms with van der Waals surface area (Å²) in [4.78, 5) is 64.6. The fourth-order valence-electron chi connectivity index (χ4n) is 1.75. The van der Waals surface area contributed by atoms with Gasteiger partial charge in [0.1, 0.15) is 19.8 Å². The first-order valence-electron chi connectivity index (χ1n) is 12.0. The van der Waals surface area contributed by atoms with E-state index in [-0.39, 0.29) is 22.7 Å². The number of carbonyl (C=O) groups excluding carboxylic acids is 4. The largest absolute Gasteiger partial charge is 0.466 e. The van der Waals surface area contributed by atoms with Crippen molar-refractivity contribution < 1.29 is 68.4 Å². The Labute approximate surface area is 254 Å². The Bertz CT molecular complexity index is 964. The van der Waals surface area contributed by atoms with Crippen LogP contribution in [-0.4, -0.2) is 119 Å². The molecule has 0 aromatic rings. The second-order valence-corrected chi connectivity index (χ2v) is 8.78. The fourth-order valence-corrected chi connectivity index (χ4v) is 1.75.